The highest BCUT2D eigenvalue weighted by atomic mass is 35.5. The minimum absolute atomic E-state index is 0.183. The third-order valence-electron chi connectivity index (χ3n) is 2.66. The van der Waals surface area contributed by atoms with Crippen molar-refractivity contribution in [2.24, 2.45) is 0 Å². The number of carboxylic acid groups (broad SMARTS) is 1. The predicted molar refractivity (Wildman–Crippen MR) is 73.3 cm³/mol. The maximum absolute atomic E-state index is 11.2. The van der Waals surface area contributed by atoms with Gasteiger partial charge in [0.25, 0.3) is 0 Å². The highest BCUT2D eigenvalue weighted by molar-refractivity contribution is 6.57. The lowest BCUT2D eigenvalue weighted by Crippen LogP contribution is -2.43. The van der Waals surface area contributed by atoms with E-state index < -0.39 is 12.0 Å². The van der Waals surface area contributed by atoms with Crippen molar-refractivity contribution in [1.29, 1.82) is 0 Å². The molecular weight excluding hydrogens is 276 g/mol. The molecule has 0 saturated carbocycles. The van der Waals surface area contributed by atoms with Gasteiger partial charge < -0.3 is 10.0 Å². The van der Waals surface area contributed by atoms with Crippen LogP contribution < -0.4 is 0 Å². The van der Waals surface area contributed by atoms with Gasteiger partial charge in [-0.25, -0.2) is 4.79 Å². The second-order valence-electron chi connectivity index (χ2n) is 3.94. The lowest BCUT2D eigenvalue weighted by Gasteiger charge is -2.24. The highest BCUT2D eigenvalue weighted by Gasteiger charge is 2.24. The van der Waals surface area contributed by atoms with E-state index in [1.54, 1.807) is 18.2 Å². The van der Waals surface area contributed by atoms with E-state index in [9.17, 15) is 9.59 Å². The number of carbonyl (C=O) groups is 2. The van der Waals surface area contributed by atoms with Gasteiger partial charge in [0.05, 0.1) is 10.0 Å². The second kappa shape index (κ2) is 6.11. The number of hydrogen-bond acceptors (Lipinski definition) is 2. The van der Waals surface area contributed by atoms with Crippen molar-refractivity contribution in [3.8, 4) is 0 Å². The van der Waals surface area contributed by atoms with Gasteiger partial charge in [0.1, 0.15) is 6.04 Å². The van der Waals surface area contributed by atoms with Gasteiger partial charge in [-0.15, -0.1) is 0 Å². The van der Waals surface area contributed by atoms with Crippen LogP contribution in [0.3, 0.4) is 0 Å². The number of rotatable bonds is 4. The summed E-state index contributed by atoms with van der Waals surface area (Å²) < 4.78 is 0. The van der Waals surface area contributed by atoms with Crippen molar-refractivity contribution >= 4 is 42.8 Å². The summed E-state index contributed by atoms with van der Waals surface area (Å²) >= 11 is 11.6. The smallest absolute Gasteiger partial charge is 0.326 e. The van der Waals surface area contributed by atoms with Crippen molar-refractivity contribution in [2.75, 3.05) is 7.05 Å². The number of carbonyl (C=O) groups excluding carboxylic acids is 1. The maximum Gasteiger partial charge on any atom is 0.326 e. The molecule has 7 heteroatoms. The Kier molecular flexibility index (Phi) is 5.05. The number of halogens is 2. The molecule has 96 valence electrons. The Hall–Kier alpha value is -1.20. The number of amides is 1. The third-order valence-corrected chi connectivity index (χ3v) is 3.40. The zero-order valence-corrected chi connectivity index (χ0v) is 11.5. The molecule has 18 heavy (non-hydrogen) atoms. The van der Waals surface area contributed by atoms with Gasteiger partial charge in [-0.3, -0.25) is 4.79 Å². The minimum Gasteiger partial charge on any atom is -0.480 e. The van der Waals surface area contributed by atoms with E-state index in [2.05, 4.69) is 0 Å². The van der Waals surface area contributed by atoms with Crippen LogP contribution in [0.5, 0.6) is 0 Å². The Morgan fingerprint density at radius 2 is 2.00 bits per heavy atom. The molecule has 1 rings (SSSR count). The van der Waals surface area contributed by atoms with Crippen LogP contribution in [-0.2, 0) is 11.2 Å². The van der Waals surface area contributed by atoms with E-state index in [1.807, 2.05) is 0 Å². The second-order valence-corrected chi connectivity index (χ2v) is 4.75. The molecule has 1 aromatic rings. The summed E-state index contributed by atoms with van der Waals surface area (Å²) in [6, 6.07) is 3.98. The van der Waals surface area contributed by atoms with Crippen molar-refractivity contribution in [3.63, 3.8) is 0 Å². The number of benzene rings is 1. The van der Waals surface area contributed by atoms with Gasteiger partial charge in [-0.05, 0) is 17.7 Å². The Morgan fingerprint density at radius 3 is 2.44 bits per heavy atom. The molecule has 0 aliphatic carbocycles. The molecule has 1 N–H and O–H groups in total. The zero-order chi connectivity index (χ0) is 13.9. The normalized spacial score (nSPS) is 11.9. The molecule has 4 nitrogen and oxygen atoms in total. The van der Waals surface area contributed by atoms with Crippen LogP contribution in [0.2, 0.25) is 10.0 Å². The quantitative estimate of drug-likeness (QED) is 0.857. The van der Waals surface area contributed by atoms with Crippen molar-refractivity contribution < 1.29 is 14.7 Å². The van der Waals surface area contributed by atoms with Crippen LogP contribution in [0.25, 0.3) is 0 Å². The molecule has 0 aliphatic heterocycles. The fraction of sp³-hybridized carbons (Fsp3) is 0.273. The molecule has 0 radical (unpaired) electrons. The van der Waals surface area contributed by atoms with Crippen LogP contribution in [0.1, 0.15) is 5.56 Å². The molecule has 1 aromatic carbocycles. The van der Waals surface area contributed by atoms with E-state index in [1.165, 1.54) is 19.8 Å². The highest BCUT2D eigenvalue weighted by Crippen LogP contribution is 2.23. The Balaban J connectivity index is 2.93. The summed E-state index contributed by atoms with van der Waals surface area (Å²) in [7, 11) is 2.78. The van der Waals surface area contributed by atoms with Crippen LogP contribution in [0.4, 0.5) is 4.79 Å². The van der Waals surface area contributed by atoms with E-state index in [0.29, 0.717) is 15.6 Å². The summed E-state index contributed by atoms with van der Waals surface area (Å²) in [5.41, 5.74) is 0.713. The predicted octanol–water partition coefficient (Wildman–Crippen LogP) is 1.67. The van der Waals surface area contributed by atoms with Gasteiger partial charge in [0, 0.05) is 13.5 Å². The van der Waals surface area contributed by atoms with Gasteiger partial charge in [-0.1, -0.05) is 29.3 Å². The van der Waals surface area contributed by atoms with Gasteiger partial charge in [-0.2, -0.15) is 0 Å². The molecule has 0 aromatic heterocycles. The first-order valence-electron chi connectivity index (χ1n) is 5.23. The van der Waals surface area contributed by atoms with E-state index in [-0.39, 0.29) is 12.2 Å². The first kappa shape index (κ1) is 14.9. The number of aliphatic carboxylic acids is 1. The van der Waals surface area contributed by atoms with Crippen molar-refractivity contribution in [3.05, 3.63) is 33.8 Å². The average molecular weight is 288 g/mol. The van der Waals surface area contributed by atoms with Crippen LogP contribution in [0.15, 0.2) is 18.2 Å². The number of likely N-dealkylation sites (N-methyl/N-ethyl adjacent to an activating group) is 1. The number of nitrogens with zero attached hydrogens (tertiary/aromatic N) is 1. The standard InChI is InChI=1S/C11H12BCl2NO3/c1-15(11(12)18)9(10(16)17)5-6-2-3-7(13)8(14)4-6/h2-4,9H,5,12H2,1H3,(H,16,17)/t9-/m1/s1. The molecule has 0 bridgehead atoms. The molecule has 0 fully saturated rings. The largest absolute Gasteiger partial charge is 0.480 e. The van der Waals surface area contributed by atoms with E-state index >= 15 is 0 Å². The summed E-state index contributed by atoms with van der Waals surface area (Å²) in [5.74, 6) is -1.36. The molecule has 0 saturated heterocycles. The average Bonchev–Trinajstić information content (AvgIpc) is 2.29. The fourth-order valence-electron chi connectivity index (χ4n) is 1.50. The third kappa shape index (κ3) is 3.65. The topological polar surface area (TPSA) is 57.6 Å². The summed E-state index contributed by atoms with van der Waals surface area (Å²) in [5, 5.41) is 9.90. The molecule has 1 amide bonds. The lowest BCUT2D eigenvalue weighted by molar-refractivity contribution is -0.141. The number of hydrogen-bond donors (Lipinski definition) is 1. The van der Waals surface area contributed by atoms with E-state index in [4.69, 9.17) is 28.3 Å². The van der Waals surface area contributed by atoms with Crippen molar-refractivity contribution in [2.45, 2.75) is 12.5 Å². The molecule has 0 spiro atoms. The molecule has 1 atom stereocenters. The first-order valence-corrected chi connectivity index (χ1v) is 5.98. The van der Waals surface area contributed by atoms with Gasteiger partial charge in [0.15, 0.2) is 5.81 Å². The van der Waals surface area contributed by atoms with Gasteiger partial charge in [0.2, 0.25) is 7.85 Å². The maximum atomic E-state index is 11.2. The summed E-state index contributed by atoms with van der Waals surface area (Å²) in [6.45, 7) is 0. The molecule has 0 unspecified atom stereocenters. The van der Waals surface area contributed by atoms with Crippen molar-refractivity contribution in [1.82, 2.24) is 4.90 Å². The Bertz CT molecular complexity index is 481. The summed E-state index contributed by atoms with van der Waals surface area (Å²) in [6.07, 6.45) is 0.183. The molecular formula is C11H12BCl2NO3. The Morgan fingerprint density at radius 1 is 1.39 bits per heavy atom. The summed E-state index contributed by atoms with van der Waals surface area (Å²) in [4.78, 5) is 23.6. The monoisotopic (exact) mass is 287 g/mol. The van der Waals surface area contributed by atoms with Crippen LogP contribution >= 0.6 is 23.2 Å². The Labute approximate surface area is 116 Å². The lowest BCUT2D eigenvalue weighted by atomic mass is 10.0. The van der Waals surface area contributed by atoms with E-state index in [0.717, 1.165) is 0 Å². The molecule has 0 heterocycles. The fourth-order valence-corrected chi connectivity index (χ4v) is 1.82. The number of carboxylic acids is 1. The minimum atomic E-state index is -1.06. The first-order chi connectivity index (χ1) is 8.32. The van der Waals surface area contributed by atoms with Gasteiger partial charge >= 0.3 is 5.97 Å². The SMILES string of the molecule is BC(=O)N(C)[C@H](Cc1ccc(Cl)c(Cl)c1)C(=O)O. The molecule has 0 aliphatic rings. The zero-order valence-electron chi connectivity index (χ0n) is 9.98. The van der Waals surface area contributed by atoms with Crippen LogP contribution in [0, 0.1) is 0 Å². The van der Waals surface area contributed by atoms with Crippen LogP contribution in [-0.4, -0.2) is 42.7 Å².